The Hall–Kier alpha value is -2.76. The maximum absolute atomic E-state index is 13.1. The minimum Gasteiger partial charge on any atom is -0.480 e. The number of benzene rings is 2. The molecule has 0 unspecified atom stereocenters. The molecule has 0 bridgehead atoms. The Labute approximate surface area is 138 Å². The standard InChI is InChI=1S/C18H17F2NO3/c19-14-8-13(9-15(20)11-14)10-17(22)21-16(18(23)24)7-6-12-4-2-1-3-5-12/h1-5,8-9,11,16H,6-7,10H2,(H,21,22)(H,23,24)/t16-/m0/s1. The molecule has 24 heavy (non-hydrogen) atoms. The molecule has 0 heterocycles. The van der Waals surface area contributed by atoms with Gasteiger partial charge in [-0.2, -0.15) is 0 Å². The Morgan fingerprint density at radius 1 is 1.00 bits per heavy atom. The molecule has 0 aliphatic rings. The lowest BCUT2D eigenvalue weighted by atomic mass is 10.0. The Morgan fingerprint density at radius 3 is 2.21 bits per heavy atom. The molecule has 2 rings (SSSR count). The number of aliphatic carboxylic acids is 1. The zero-order valence-corrected chi connectivity index (χ0v) is 12.8. The van der Waals surface area contributed by atoms with Crippen LogP contribution in [0.3, 0.4) is 0 Å². The third-order valence-corrected chi connectivity index (χ3v) is 3.48. The summed E-state index contributed by atoms with van der Waals surface area (Å²) in [6.07, 6.45) is 0.430. The number of carboxylic acids is 1. The van der Waals surface area contributed by atoms with E-state index in [2.05, 4.69) is 5.32 Å². The zero-order valence-electron chi connectivity index (χ0n) is 12.8. The van der Waals surface area contributed by atoms with Crippen molar-refractivity contribution >= 4 is 11.9 Å². The molecule has 1 amide bonds. The highest BCUT2D eigenvalue weighted by molar-refractivity contribution is 5.84. The van der Waals surface area contributed by atoms with E-state index in [1.54, 1.807) is 0 Å². The molecule has 6 heteroatoms. The summed E-state index contributed by atoms with van der Waals surface area (Å²) < 4.78 is 26.2. The maximum atomic E-state index is 13.1. The monoisotopic (exact) mass is 333 g/mol. The fourth-order valence-electron chi connectivity index (χ4n) is 2.36. The van der Waals surface area contributed by atoms with Crippen molar-refractivity contribution in [1.29, 1.82) is 0 Å². The molecule has 0 spiro atoms. The molecule has 0 radical (unpaired) electrons. The predicted molar refractivity (Wildman–Crippen MR) is 84.4 cm³/mol. The van der Waals surface area contributed by atoms with Crippen LogP contribution in [0.4, 0.5) is 8.78 Å². The molecule has 4 nitrogen and oxygen atoms in total. The van der Waals surface area contributed by atoms with Gasteiger partial charge in [0.1, 0.15) is 17.7 Å². The van der Waals surface area contributed by atoms with Crippen LogP contribution >= 0.6 is 0 Å². The van der Waals surface area contributed by atoms with Gasteiger partial charge in [0, 0.05) is 6.07 Å². The molecule has 0 aromatic heterocycles. The minimum atomic E-state index is -1.15. The van der Waals surface area contributed by atoms with Gasteiger partial charge >= 0.3 is 5.97 Å². The fourth-order valence-corrected chi connectivity index (χ4v) is 2.36. The van der Waals surface area contributed by atoms with Crippen LogP contribution in [0.15, 0.2) is 48.5 Å². The summed E-state index contributed by atoms with van der Waals surface area (Å²) in [5, 5.41) is 11.6. The lowest BCUT2D eigenvalue weighted by Gasteiger charge is -2.14. The quantitative estimate of drug-likeness (QED) is 0.819. The second kappa shape index (κ2) is 8.19. The average molecular weight is 333 g/mol. The third-order valence-electron chi connectivity index (χ3n) is 3.48. The van der Waals surface area contributed by atoms with Crippen LogP contribution in [0.5, 0.6) is 0 Å². The number of nitrogens with one attached hydrogen (secondary N) is 1. The normalized spacial score (nSPS) is 11.8. The summed E-state index contributed by atoms with van der Waals surface area (Å²) in [5.74, 6) is -3.31. The lowest BCUT2D eigenvalue weighted by Crippen LogP contribution is -2.41. The molecular formula is C18H17F2NO3. The van der Waals surface area contributed by atoms with Gasteiger partial charge in [0.05, 0.1) is 6.42 Å². The highest BCUT2D eigenvalue weighted by atomic mass is 19.1. The van der Waals surface area contributed by atoms with Gasteiger partial charge in [-0.25, -0.2) is 13.6 Å². The van der Waals surface area contributed by atoms with Crippen LogP contribution in [-0.4, -0.2) is 23.0 Å². The molecule has 2 aromatic rings. The third kappa shape index (κ3) is 5.46. The number of halogens is 2. The van der Waals surface area contributed by atoms with Crippen molar-refractivity contribution < 1.29 is 23.5 Å². The fraction of sp³-hybridized carbons (Fsp3) is 0.222. The summed E-state index contributed by atoms with van der Waals surface area (Å²) in [5.41, 5.74) is 1.11. The minimum absolute atomic E-state index is 0.150. The predicted octanol–water partition coefficient (Wildman–Crippen LogP) is 2.71. The van der Waals surface area contributed by atoms with Gasteiger partial charge in [0.15, 0.2) is 0 Å². The Kier molecular flexibility index (Phi) is 6.01. The van der Waals surface area contributed by atoms with Crippen LogP contribution in [0, 0.1) is 11.6 Å². The Morgan fingerprint density at radius 2 is 1.62 bits per heavy atom. The first kappa shape index (κ1) is 17.6. The van der Waals surface area contributed by atoms with Gasteiger partial charge in [0.2, 0.25) is 5.91 Å². The van der Waals surface area contributed by atoms with Crippen LogP contribution in [-0.2, 0) is 22.4 Å². The van der Waals surface area contributed by atoms with Crippen molar-refractivity contribution in [2.45, 2.75) is 25.3 Å². The Bertz CT molecular complexity index is 699. The summed E-state index contributed by atoms with van der Waals surface area (Å²) >= 11 is 0. The molecule has 126 valence electrons. The number of carbonyl (C=O) groups is 2. The number of hydrogen-bond donors (Lipinski definition) is 2. The smallest absolute Gasteiger partial charge is 0.326 e. The molecule has 0 aliphatic heterocycles. The molecule has 1 atom stereocenters. The molecule has 0 aliphatic carbocycles. The summed E-state index contributed by atoms with van der Waals surface area (Å²) in [4.78, 5) is 23.2. The summed E-state index contributed by atoms with van der Waals surface area (Å²) in [7, 11) is 0. The van der Waals surface area contributed by atoms with E-state index < -0.39 is 29.6 Å². The van der Waals surface area contributed by atoms with Gasteiger partial charge < -0.3 is 10.4 Å². The number of rotatable bonds is 7. The Balaban J connectivity index is 1.94. The molecule has 2 aromatic carbocycles. The van der Waals surface area contributed by atoms with Crippen molar-refractivity contribution in [3.05, 3.63) is 71.3 Å². The highest BCUT2D eigenvalue weighted by Crippen LogP contribution is 2.10. The van der Waals surface area contributed by atoms with Gasteiger partial charge in [0.25, 0.3) is 0 Å². The molecule has 0 saturated carbocycles. The number of amides is 1. The van der Waals surface area contributed by atoms with Crippen molar-refractivity contribution in [2.75, 3.05) is 0 Å². The molecular weight excluding hydrogens is 316 g/mol. The molecule has 0 fully saturated rings. The number of hydrogen-bond acceptors (Lipinski definition) is 2. The zero-order chi connectivity index (χ0) is 17.5. The first-order valence-corrected chi connectivity index (χ1v) is 7.45. The van der Waals surface area contributed by atoms with Crippen molar-refractivity contribution in [2.24, 2.45) is 0 Å². The van der Waals surface area contributed by atoms with Crippen LogP contribution in [0.1, 0.15) is 17.5 Å². The average Bonchev–Trinajstić information content (AvgIpc) is 2.51. The van der Waals surface area contributed by atoms with Gasteiger partial charge in [-0.3, -0.25) is 4.79 Å². The van der Waals surface area contributed by atoms with Crippen molar-refractivity contribution in [1.82, 2.24) is 5.32 Å². The van der Waals surface area contributed by atoms with E-state index in [-0.39, 0.29) is 18.4 Å². The molecule has 0 saturated heterocycles. The van der Waals surface area contributed by atoms with Crippen molar-refractivity contribution in [3.8, 4) is 0 Å². The van der Waals surface area contributed by atoms with E-state index >= 15 is 0 Å². The SMILES string of the molecule is O=C(Cc1cc(F)cc(F)c1)N[C@@H](CCc1ccccc1)C(=O)O. The number of carboxylic acid groups (broad SMARTS) is 1. The second-order valence-corrected chi connectivity index (χ2v) is 5.44. The highest BCUT2D eigenvalue weighted by Gasteiger charge is 2.20. The van der Waals surface area contributed by atoms with E-state index in [0.717, 1.165) is 17.7 Å². The van der Waals surface area contributed by atoms with Crippen molar-refractivity contribution in [3.63, 3.8) is 0 Å². The topological polar surface area (TPSA) is 66.4 Å². The van der Waals surface area contributed by atoms with Gasteiger partial charge in [-0.1, -0.05) is 30.3 Å². The van der Waals surface area contributed by atoms with E-state index in [1.165, 1.54) is 0 Å². The number of aryl methyl sites for hydroxylation is 1. The second-order valence-electron chi connectivity index (χ2n) is 5.44. The van der Waals surface area contributed by atoms with Crippen LogP contribution in [0.25, 0.3) is 0 Å². The van der Waals surface area contributed by atoms with E-state index in [1.807, 2.05) is 30.3 Å². The lowest BCUT2D eigenvalue weighted by molar-refractivity contribution is -0.141. The maximum Gasteiger partial charge on any atom is 0.326 e. The van der Waals surface area contributed by atoms with E-state index in [4.69, 9.17) is 0 Å². The number of carbonyl (C=O) groups excluding carboxylic acids is 1. The largest absolute Gasteiger partial charge is 0.480 e. The summed E-state index contributed by atoms with van der Waals surface area (Å²) in [6.45, 7) is 0. The van der Waals surface area contributed by atoms with E-state index in [9.17, 15) is 23.5 Å². The van der Waals surface area contributed by atoms with E-state index in [0.29, 0.717) is 12.5 Å². The first-order chi connectivity index (χ1) is 11.4. The first-order valence-electron chi connectivity index (χ1n) is 7.45. The summed E-state index contributed by atoms with van der Waals surface area (Å²) in [6, 6.07) is 11.0. The van der Waals surface area contributed by atoms with Crippen LogP contribution < -0.4 is 5.32 Å². The van der Waals surface area contributed by atoms with Crippen LogP contribution in [0.2, 0.25) is 0 Å². The van der Waals surface area contributed by atoms with Gasteiger partial charge in [-0.15, -0.1) is 0 Å². The molecule has 2 N–H and O–H groups in total. The van der Waals surface area contributed by atoms with Gasteiger partial charge in [-0.05, 0) is 36.1 Å².